The molecule has 1 heterocycles. The van der Waals surface area contributed by atoms with E-state index in [-0.39, 0.29) is 0 Å². The van der Waals surface area contributed by atoms with Crippen molar-refractivity contribution >= 4 is 11.6 Å². The number of ether oxygens (including phenoxy) is 1. The van der Waals surface area contributed by atoms with Crippen molar-refractivity contribution in [3.8, 4) is 0 Å². The second kappa shape index (κ2) is 1.70. The molecule has 0 spiro atoms. The Bertz CT molecular complexity index is 171. The molecule has 2 saturated carbocycles. The summed E-state index contributed by atoms with van der Waals surface area (Å²) in [5.41, 5.74) is 0. The van der Waals surface area contributed by atoms with E-state index < -0.39 is 0 Å². The zero-order valence-corrected chi connectivity index (χ0v) is 6.55. The molecule has 2 heteroatoms. The van der Waals surface area contributed by atoms with Crippen molar-refractivity contribution in [3.63, 3.8) is 0 Å². The molecule has 56 valence electrons. The Kier molecular flexibility index (Phi) is 0.993. The summed E-state index contributed by atoms with van der Waals surface area (Å²) in [6.07, 6.45) is 4.06. The second-order valence-corrected chi connectivity index (χ2v) is 4.18. The van der Waals surface area contributed by atoms with Gasteiger partial charge in [-0.2, -0.15) is 0 Å². The van der Waals surface area contributed by atoms with Crippen LogP contribution in [0.15, 0.2) is 0 Å². The predicted octanol–water partition coefficient (Wildman–Crippen LogP) is 1.65. The van der Waals surface area contributed by atoms with Gasteiger partial charge in [-0.05, 0) is 30.6 Å². The van der Waals surface area contributed by atoms with Crippen molar-refractivity contribution in [1.82, 2.24) is 0 Å². The lowest BCUT2D eigenvalue weighted by Gasteiger charge is -2.14. The van der Waals surface area contributed by atoms with Crippen molar-refractivity contribution in [2.75, 3.05) is 5.88 Å². The first-order chi connectivity index (χ1) is 4.90. The highest BCUT2D eigenvalue weighted by Crippen LogP contribution is 2.58. The van der Waals surface area contributed by atoms with Crippen LogP contribution in [0.25, 0.3) is 0 Å². The van der Waals surface area contributed by atoms with Crippen LogP contribution in [0.5, 0.6) is 0 Å². The van der Waals surface area contributed by atoms with Crippen molar-refractivity contribution < 1.29 is 4.74 Å². The van der Waals surface area contributed by atoms with Crippen molar-refractivity contribution in [3.05, 3.63) is 0 Å². The lowest BCUT2D eigenvalue weighted by molar-refractivity contribution is 0.255. The van der Waals surface area contributed by atoms with Crippen LogP contribution in [0.2, 0.25) is 0 Å². The number of fused-ring (bicyclic) bond motifs is 5. The molecule has 10 heavy (non-hydrogen) atoms. The Hall–Kier alpha value is 0.250. The summed E-state index contributed by atoms with van der Waals surface area (Å²) in [7, 11) is 0. The Balaban J connectivity index is 1.85. The third-order valence-corrected chi connectivity index (χ3v) is 3.83. The van der Waals surface area contributed by atoms with Gasteiger partial charge in [-0.1, -0.05) is 0 Å². The Morgan fingerprint density at radius 1 is 1.30 bits per heavy atom. The summed E-state index contributed by atoms with van der Waals surface area (Å²) >= 11 is 5.83. The molecule has 3 fully saturated rings. The van der Waals surface area contributed by atoms with Crippen molar-refractivity contribution in [2.24, 2.45) is 17.8 Å². The standard InChI is InChI=1S/C8H11ClO/c9-3-5-1-4-2-6(5)8-7(4)10-8/h4-8H,1-3H2/t4-,5+,6+,7-,8-/m1/s1. The molecular weight excluding hydrogens is 148 g/mol. The number of hydrogen-bond acceptors (Lipinski definition) is 1. The number of rotatable bonds is 1. The first kappa shape index (κ1) is 5.84. The van der Waals surface area contributed by atoms with Gasteiger partial charge in [0.25, 0.3) is 0 Å². The lowest BCUT2D eigenvalue weighted by Crippen LogP contribution is -2.18. The van der Waals surface area contributed by atoms with Gasteiger partial charge >= 0.3 is 0 Å². The molecule has 3 aliphatic rings. The maximum atomic E-state index is 5.83. The fourth-order valence-electron chi connectivity index (χ4n) is 2.91. The molecule has 3 rings (SSSR count). The molecule has 0 amide bonds. The third kappa shape index (κ3) is 0.543. The monoisotopic (exact) mass is 158 g/mol. The number of halogens is 1. The van der Waals surface area contributed by atoms with E-state index in [1.54, 1.807) is 0 Å². The van der Waals surface area contributed by atoms with Crippen LogP contribution >= 0.6 is 11.6 Å². The van der Waals surface area contributed by atoms with E-state index >= 15 is 0 Å². The minimum absolute atomic E-state index is 0.641. The summed E-state index contributed by atoms with van der Waals surface area (Å²) in [4.78, 5) is 0. The summed E-state index contributed by atoms with van der Waals surface area (Å²) in [6.45, 7) is 0. The van der Waals surface area contributed by atoms with Gasteiger partial charge in [0.2, 0.25) is 0 Å². The average molecular weight is 159 g/mol. The maximum Gasteiger partial charge on any atom is 0.0876 e. The van der Waals surface area contributed by atoms with E-state index in [1.165, 1.54) is 12.8 Å². The van der Waals surface area contributed by atoms with Crippen LogP contribution in [0.3, 0.4) is 0 Å². The average Bonchev–Trinajstić information content (AvgIpc) is 2.58. The Morgan fingerprint density at radius 2 is 2.20 bits per heavy atom. The summed E-state index contributed by atoms with van der Waals surface area (Å²) in [6, 6.07) is 0. The van der Waals surface area contributed by atoms with E-state index in [0.717, 1.165) is 23.6 Å². The van der Waals surface area contributed by atoms with Gasteiger partial charge in [0.1, 0.15) is 0 Å². The van der Waals surface area contributed by atoms with Crippen molar-refractivity contribution in [2.45, 2.75) is 25.0 Å². The van der Waals surface area contributed by atoms with Gasteiger partial charge in [0.05, 0.1) is 12.2 Å². The Morgan fingerprint density at radius 3 is 2.80 bits per heavy atom. The molecule has 2 aliphatic carbocycles. The van der Waals surface area contributed by atoms with Crippen molar-refractivity contribution in [1.29, 1.82) is 0 Å². The first-order valence-electron chi connectivity index (χ1n) is 4.11. The van der Waals surface area contributed by atoms with E-state index in [1.807, 2.05) is 0 Å². The predicted molar refractivity (Wildman–Crippen MR) is 39.1 cm³/mol. The van der Waals surface area contributed by atoms with Crippen LogP contribution < -0.4 is 0 Å². The highest BCUT2D eigenvalue weighted by molar-refractivity contribution is 6.18. The highest BCUT2D eigenvalue weighted by Gasteiger charge is 2.62. The van der Waals surface area contributed by atoms with Gasteiger partial charge in [-0.25, -0.2) is 0 Å². The lowest BCUT2D eigenvalue weighted by atomic mass is 9.90. The second-order valence-electron chi connectivity index (χ2n) is 3.88. The first-order valence-corrected chi connectivity index (χ1v) is 4.65. The third-order valence-electron chi connectivity index (χ3n) is 3.43. The van der Waals surface area contributed by atoms with Gasteiger partial charge in [-0.3, -0.25) is 0 Å². The minimum atomic E-state index is 0.641. The van der Waals surface area contributed by atoms with Crippen LogP contribution in [0.1, 0.15) is 12.8 Å². The zero-order valence-electron chi connectivity index (χ0n) is 5.79. The van der Waals surface area contributed by atoms with Crippen LogP contribution in [0.4, 0.5) is 0 Å². The SMILES string of the molecule is ClC[C@@H]1C[C@@H]2C[C@@H]1[C@H]1O[C@H]21. The summed E-state index contributed by atoms with van der Waals surface area (Å²) < 4.78 is 5.51. The highest BCUT2D eigenvalue weighted by atomic mass is 35.5. The summed E-state index contributed by atoms with van der Waals surface area (Å²) in [5.74, 6) is 3.37. The van der Waals surface area contributed by atoms with E-state index in [2.05, 4.69) is 0 Å². The summed E-state index contributed by atoms with van der Waals surface area (Å²) in [5, 5.41) is 0. The number of epoxide rings is 1. The minimum Gasteiger partial charge on any atom is -0.369 e. The smallest absolute Gasteiger partial charge is 0.0876 e. The van der Waals surface area contributed by atoms with E-state index in [0.29, 0.717) is 12.2 Å². The van der Waals surface area contributed by atoms with E-state index in [4.69, 9.17) is 16.3 Å². The molecule has 0 aromatic heterocycles. The molecule has 5 atom stereocenters. The molecular formula is C8H11ClO. The molecule has 2 bridgehead atoms. The maximum absolute atomic E-state index is 5.83. The van der Waals surface area contributed by atoms with Gasteiger partial charge in [0, 0.05) is 5.88 Å². The van der Waals surface area contributed by atoms with E-state index in [9.17, 15) is 0 Å². The zero-order chi connectivity index (χ0) is 6.72. The molecule has 0 N–H and O–H groups in total. The van der Waals surface area contributed by atoms with Gasteiger partial charge in [0.15, 0.2) is 0 Å². The van der Waals surface area contributed by atoms with Gasteiger partial charge < -0.3 is 4.74 Å². The fraction of sp³-hybridized carbons (Fsp3) is 1.00. The number of alkyl halides is 1. The molecule has 1 saturated heterocycles. The molecule has 0 unspecified atom stereocenters. The molecule has 0 aromatic rings. The topological polar surface area (TPSA) is 12.5 Å². The van der Waals surface area contributed by atoms with Crippen LogP contribution in [-0.4, -0.2) is 18.1 Å². The van der Waals surface area contributed by atoms with Crippen LogP contribution in [0, 0.1) is 17.8 Å². The Labute approximate surface area is 65.7 Å². The molecule has 0 aromatic carbocycles. The van der Waals surface area contributed by atoms with Crippen LogP contribution in [-0.2, 0) is 4.74 Å². The normalized spacial score (nSPS) is 62.7. The quantitative estimate of drug-likeness (QED) is 0.418. The number of hydrogen-bond donors (Lipinski definition) is 0. The molecule has 1 nitrogen and oxygen atoms in total. The molecule has 1 aliphatic heterocycles. The molecule has 0 radical (unpaired) electrons. The fourth-order valence-corrected chi connectivity index (χ4v) is 3.26. The van der Waals surface area contributed by atoms with Gasteiger partial charge in [-0.15, -0.1) is 11.6 Å². The largest absolute Gasteiger partial charge is 0.369 e.